The van der Waals surface area contributed by atoms with Gasteiger partial charge in [-0.3, -0.25) is 4.90 Å². The lowest BCUT2D eigenvalue weighted by atomic mass is 10.1. The third-order valence-electron chi connectivity index (χ3n) is 3.40. The van der Waals surface area contributed by atoms with Gasteiger partial charge in [0.05, 0.1) is 0 Å². The second-order valence-electron chi connectivity index (χ2n) is 5.15. The molecule has 0 spiro atoms. The van der Waals surface area contributed by atoms with E-state index in [0.717, 1.165) is 42.9 Å². The van der Waals surface area contributed by atoms with Gasteiger partial charge in [-0.25, -0.2) is 0 Å². The van der Waals surface area contributed by atoms with Crippen LogP contribution in [0.2, 0.25) is 10.0 Å². The summed E-state index contributed by atoms with van der Waals surface area (Å²) >= 11 is 12.2. The van der Waals surface area contributed by atoms with Crippen molar-refractivity contribution in [3.63, 3.8) is 0 Å². The zero-order valence-electron chi connectivity index (χ0n) is 12.2. The van der Waals surface area contributed by atoms with Crippen molar-refractivity contribution in [2.45, 2.75) is 26.4 Å². The standard InChI is InChI=1S/C17H20Cl2N2/c1-2-9-21(12-14-5-3-4-6-17(14)20)11-13-7-8-15(18)10-16(13)19/h3-8,10H,2,9,11-12,20H2,1H3. The zero-order valence-corrected chi connectivity index (χ0v) is 13.7. The minimum Gasteiger partial charge on any atom is -0.398 e. The Morgan fingerprint density at radius 1 is 1.00 bits per heavy atom. The summed E-state index contributed by atoms with van der Waals surface area (Å²) in [5, 5.41) is 1.38. The van der Waals surface area contributed by atoms with E-state index in [1.54, 1.807) is 6.07 Å². The largest absolute Gasteiger partial charge is 0.398 e. The van der Waals surface area contributed by atoms with Gasteiger partial charge < -0.3 is 5.73 Å². The van der Waals surface area contributed by atoms with E-state index in [9.17, 15) is 0 Å². The van der Waals surface area contributed by atoms with E-state index < -0.39 is 0 Å². The van der Waals surface area contributed by atoms with E-state index in [2.05, 4.69) is 17.9 Å². The Morgan fingerprint density at radius 2 is 1.71 bits per heavy atom. The number of nitrogens with zero attached hydrogens (tertiary/aromatic N) is 1. The van der Waals surface area contributed by atoms with Crippen LogP contribution in [0.3, 0.4) is 0 Å². The number of halogens is 2. The molecule has 0 fully saturated rings. The Kier molecular flexibility index (Phi) is 5.92. The predicted molar refractivity (Wildman–Crippen MR) is 91.7 cm³/mol. The van der Waals surface area contributed by atoms with Crippen LogP contribution in [0.1, 0.15) is 24.5 Å². The highest BCUT2D eigenvalue weighted by molar-refractivity contribution is 6.35. The van der Waals surface area contributed by atoms with E-state index in [1.807, 2.05) is 30.3 Å². The highest BCUT2D eigenvalue weighted by Gasteiger charge is 2.10. The van der Waals surface area contributed by atoms with E-state index >= 15 is 0 Å². The topological polar surface area (TPSA) is 29.3 Å². The van der Waals surface area contributed by atoms with Gasteiger partial charge in [0.15, 0.2) is 0 Å². The molecule has 21 heavy (non-hydrogen) atoms. The molecule has 0 radical (unpaired) electrons. The number of nitrogen functional groups attached to an aromatic ring is 1. The fourth-order valence-corrected chi connectivity index (χ4v) is 2.81. The van der Waals surface area contributed by atoms with Crippen molar-refractivity contribution >= 4 is 28.9 Å². The van der Waals surface area contributed by atoms with Crippen LogP contribution in [-0.4, -0.2) is 11.4 Å². The lowest BCUT2D eigenvalue weighted by molar-refractivity contribution is 0.258. The van der Waals surface area contributed by atoms with Gasteiger partial charge in [0.2, 0.25) is 0 Å². The van der Waals surface area contributed by atoms with Crippen molar-refractivity contribution < 1.29 is 0 Å². The third-order valence-corrected chi connectivity index (χ3v) is 3.98. The summed E-state index contributed by atoms with van der Waals surface area (Å²) in [4.78, 5) is 2.35. The molecule has 0 aliphatic rings. The molecular weight excluding hydrogens is 303 g/mol. The molecule has 0 saturated heterocycles. The van der Waals surface area contributed by atoms with Crippen molar-refractivity contribution in [3.05, 3.63) is 63.6 Å². The first-order chi connectivity index (χ1) is 10.1. The van der Waals surface area contributed by atoms with Gasteiger partial charge in [-0.05, 0) is 42.3 Å². The number of nitrogens with two attached hydrogens (primary N) is 1. The molecule has 0 amide bonds. The Labute approximate surface area is 136 Å². The van der Waals surface area contributed by atoms with Crippen molar-refractivity contribution in [2.75, 3.05) is 12.3 Å². The minimum atomic E-state index is 0.665. The molecule has 2 aromatic rings. The van der Waals surface area contributed by atoms with Crippen molar-refractivity contribution in [1.82, 2.24) is 4.90 Å². The maximum absolute atomic E-state index is 6.27. The fraction of sp³-hybridized carbons (Fsp3) is 0.294. The average Bonchev–Trinajstić information content (AvgIpc) is 2.44. The summed E-state index contributed by atoms with van der Waals surface area (Å²) in [6.45, 7) is 4.77. The van der Waals surface area contributed by atoms with Crippen LogP contribution in [0.5, 0.6) is 0 Å². The van der Waals surface area contributed by atoms with E-state index in [0.29, 0.717) is 10.0 Å². The Bertz CT molecular complexity index is 599. The summed E-state index contributed by atoms with van der Waals surface area (Å²) in [5.41, 5.74) is 9.11. The Hall–Kier alpha value is -1.22. The second-order valence-corrected chi connectivity index (χ2v) is 5.99. The summed E-state index contributed by atoms with van der Waals surface area (Å²) in [6, 6.07) is 13.6. The molecule has 0 aliphatic heterocycles. The molecule has 0 unspecified atom stereocenters. The smallest absolute Gasteiger partial charge is 0.0465 e. The summed E-state index contributed by atoms with van der Waals surface area (Å²) < 4.78 is 0. The number of benzene rings is 2. The van der Waals surface area contributed by atoms with E-state index in [1.165, 1.54) is 0 Å². The molecular formula is C17H20Cl2N2. The average molecular weight is 323 g/mol. The number of hydrogen-bond donors (Lipinski definition) is 1. The predicted octanol–water partition coefficient (Wildman–Crippen LogP) is 4.99. The monoisotopic (exact) mass is 322 g/mol. The first-order valence-electron chi connectivity index (χ1n) is 7.09. The first kappa shape index (κ1) is 16.2. The molecule has 2 aromatic carbocycles. The van der Waals surface area contributed by atoms with E-state index in [-0.39, 0.29) is 0 Å². The van der Waals surface area contributed by atoms with E-state index in [4.69, 9.17) is 28.9 Å². The summed E-state index contributed by atoms with van der Waals surface area (Å²) in [7, 11) is 0. The normalized spacial score (nSPS) is 11.0. The van der Waals surface area contributed by atoms with Gasteiger partial charge in [-0.15, -0.1) is 0 Å². The molecule has 2 N–H and O–H groups in total. The Morgan fingerprint density at radius 3 is 2.38 bits per heavy atom. The van der Waals surface area contributed by atoms with Crippen LogP contribution in [-0.2, 0) is 13.1 Å². The summed E-state index contributed by atoms with van der Waals surface area (Å²) in [6.07, 6.45) is 1.08. The van der Waals surface area contributed by atoms with Crippen LogP contribution in [0, 0.1) is 0 Å². The van der Waals surface area contributed by atoms with Gasteiger partial charge >= 0.3 is 0 Å². The minimum absolute atomic E-state index is 0.665. The molecule has 0 aliphatic carbocycles. The number of para-hydroxylation sites is 1. The number of rotatable bonds is 6. The van der Waals surface area contributed by atoms with Crippen LogP contribution < -0.4 is 5.73 Å². The molecule has 112 valence electrons. The molecule has 0 aromatic heterocycles. The Balaban J connectivity index is 2.14. The lowest BCUT2D eigenvalue weighted by Crippen LogP contribution is -2.24. The quantitative estimate of drug-likeness (QED) is 0.759. The third kappa shape index (κ3) is 4.63. The van der Waals surface area contributed by atoms with Crippen molar-refractivity contribution in [1.29, 1.82) is 0 Å². The van der Waals surface area contributed by atoms with Gasteiger partial charge in [0.25, 0.3) is 0 Å². The van der Waals surface area contributed by atoms with Crippen LogP contribution in [0.15, 0.2) is 42.5 Å². The maximum Gasteiger partial charge on any atom is 0.0465 e. The lowest BCUT2D eigenvalue weighted by Gasteiger charge is -2.23. The molecule has 0 saturated carbocycles. The fourth-order valence-electron chi connectivity index (χ4n) is 2.34. The SMILES string of the molecule is CCCN(Cc1ccccc1N)Cc1ccc(Cl)cc1Cl. The van der Waals surface area contributed by atoms with Crippen LogP contribution >= 0.6 is 23.2 Å². The van der Waals surface area contributed by atoms with Gasteiger partial charge in [0, 0.05) is 28.8 Å². The van der Waals surface area contributed by atoms with Crippen molar-refractivity contribution in [3.8, 4) is 0 Å². The molecule has 0 atom stereocenters. The highest BCUT2D eigenvalue weighted by atomic mass is 35.5. The highest BCUT2D eigenvalue weighted by Crippen LogP contribution is 2.23. The molecule has 2 rings (SSSR count). The second kappa shape index (κ2) is 7.69. The number of anilines is 1. The zero-order chi connectivity index (χ0) is 15.2. The first-order valence-corrected chi connectivity index (χ1v) is 7.85. The van der Waals surface area contributed by atoms with Gasteiger partial charge in [0.1, 0.15) is 0 Å². The number of hydrogen-bond acceptors (Lipinski definition) is 2. The maximum atomic E-state index is 6.27. The molecule has 0 bridgehead atoms. The van der Waals surface area contributed by atoms with Gasteiger partial charge in [-0.1, -0.05) is 54.4 Å². The van der Waals surface area contributed by atoms with Crippen molar-refractivity contribution in [2.24, 2.45) is 0 Å². The molecule has 0 heterocycles. The van der Waals surface area contributed by atoms with Gasteiger partial charge in [-0.2, -0.15) is 0 Å². The summed E-state index contributed by atoms with van der Waals surface area (Å²) in [5.74, 6) is 0. The van der Waals surface area contributed by atoms with Crippen LogP contribution in [0.25, 0.3) is 0 Å². The molecule has 4 heteroatoms. The van der Waals surface area contributed by atoms with Crippen LogP contribution in [0.4, 0.5) is 5.69 Å². The molecule has 2 nitrogen and oxygen atoms in total.